The fourth-order valence-electron chi connectivity index (χ4n) is 2.69. The number of carbonyl (C=O) groups is 1. The zero-order valence-corrected chi connectivity index (χ0v) is 11.9. The van der Waals surface area contributed by atoms with Gasteiger partial charge in [0.15, 0.2) is 0 Å². The van der Waals surface area contributed by atoms with Gasteiger partial charge in [-0.25, -0.2) is 0 Å². The van der Waals surface area contributed by atoms with Crippen LogP contribution in [0.15, 0.2) is 0 Å². The first-order valence-electron chi connectivity index (χ1n) is 6.73. The Morgan fingerprint density at radius 3 is 2.59 bits per heavy atom. The van der Waals surface area contributed by atoms with Crippen molar-refractivity contribution in [2.75, 3.05) is 31.9 Å². The standard InChI is InChI=1S/C13H24N2OS/c1-3-14-6-7-15(9-11(14)2)12(16)8-13(10-17)4-5-13/h11,17H,3-10H2,1-2H3. The average Bonchev–Trinajstić information content (AvgIpc) is 3.09. The monoisotopic (exact) mass is 256 g/mol. The zero-order chi connectivity index (χ0) is 12.5. The number of amides is 1. The molecule has 3 nitrogen and oxygen atoms in total. The van der Waals surface area contributed by atoms with Crippen LogP contribution in [0.2, 0.25) is 0 Å². The predicted molar refractivity (Wildman–Crippen MR) is 73.4 cm³/mol. The molecule has 98 valence electrons. The summed E-state index contributed by atoms with van der Waals surface area (Å²) >= 11 is 4.37. The molecule has 0 spiro atoms. The van der Waals surface area contributed by atoms with E-state index in [2.05, 4.69) is 36.3 Å². The second kappa shape index (κ2) is 5.19. The molecule has 1 atom stereocenters. The van der Waals surface area contributed by atoms with Crippen LogP contribution in [0.25, 0.3) is 0 Å². The van der Waals surface area contributed by atoms with E-state index in [1.807, 2.05) is 0 Å². The first kappa shape index (κ1) is 13.2. The van der Waals surface area contributed by atoms with E-state index >= 15 is 0 Å². The molecule has 1 aliphatic carbocycles. The summed E-state index contributed by atoms with van der Waals surface area (Å²) in [5, 5.41) is 0. The second-order valence-corrected chi connectivity index (χ2v) is 5.97. The van der Waals surface area contributed by atoms with Gasteiger partial charge in [-0.15, -0.1) is 0 Å². The number of carbonyl (C=O) groups excluding carboxylic acids is 1. The van der Waals surface area contributed by atoms with Gasteiger partial charge < -0.3 is 4.90 Å². The van der Waals surface area contributed by atoms with Gasteiger partial charge in [0.05, 0.1) is 0 Å². The largest absolute Gasteiger partial charge is 0.340 e. The average molecular weight is 256 g/mol. The molecule has 2 fully saturated rings. The number of likely N-dealkylation sites (N-methyl/N-ethyl adjacent to an activating group) is 1. The summed E-state index contributed by atoms with van der Waals surface area (Å²) in [5.74, 6) is 1.21. The highest BCUT2D eigenvalue weighted by Crippen LogP contribution is 2.49. The summed E-state index contributed by atoms with van der Waals surface area (Å²) in [6.45, 7) is 8.32. The first-order valence-corrected chi connectivity index (χ1v) is 7.36. The lowest BCUT2D eigenvalue weighted by Crippen LogP contribution is -2.53. The van der Waals surface area contributed by atoms with Gasteiger partial charge >= 0.3 is 0 Å². The van der Waals surface area contributed by atoms with Crippen molar-refractivity contribution in [3.8, 4) is 0 Å². The van der Waals surface area contributed by atoms with Crippen LogP contribution in [0, 0.1) is 5.41 Å². The number of hydrogen-bond donors (Lipinski definition) is 1. The van der Waals surface area contributed by atoms with Crippen molar-refractivity contribution in [1.82, 2.24) is 9.80 Å². The molecule has 0 N–H and O–H groups in total. The highest BCUT2D eigenvalue weighted by atomic mass is 32.1. The minimum Gasteiger partial charge on any atom is -0.340 e. The second-order valence-electron chi connectivity index (χ2n) is 5.65. The van der Waals surface area contributed by atoms with Crippen molar-refractivity contribution in [3.63, 3.8) is 0 Å². The molecular weight excluding hydrogens is 232 g/mol. The number of thiol groups is 1. The molecule has 1 saturated carbocycles. The van der Waals surface area contributed by atoms with E-state index in [0.717, 1.165) is 38.4 Å². The maximum absolute atomic E-state index is 12.2. The lowest BCUT2D eigenvalue weighted by Gasteiger charge is -2.39. The zero-order valence-electron chi connectivity index (χ0n) is 11.0. The van der Waals surface area contributed by atoms with Crippen molar-refractivity contribution in [2.45, 2.75) is 39.2 Å². The molecule has 2 aliphatic rings. The van der Waals surface area contributed by atoms with Crippen LogP contribution in [-0.4, -0.2) is 53.7 Å². The topological polar surface area (TPSA) is 23.6 Å². The van der Waals surface area contributed by atoms with Gasteiger partial charge in [-0.1, -0.05) is 6.92 Å². The van der Waals surface area contributed by atoms with E-state index in [9.17, 15) is 4.79 Å². The van der Waals surface area contributed by atoms with E-state index in [0.29, 0.717) is 11.9 Å². The molecular formula is C13H24N2OS. The fourth-order valence-corrected chi connectivity index (χ4v) is 3.12. The highest BCUT2D eigenvalue weighted by molar-refractivity contribution is 7.80. The number of nitrogens with zero attached hydrogens (tertiary/aromatic N) is 2. The maximum atomic E-state index is 12.2. The molecule has 17 heavy (non-hydrogen) atoms. The quantitative estimate of drug-likeness (QED) is 0.773. The molecule has 0 aromatic heterocycles. The van der Waals surface area contributed by atoms with Gasteiger partial charge in [0, 0.05) is 32.1 Å². The summed E-state index contributed by atoms with van der Waals surface area (Å²) in [6, 6.07) is 0.504. The van der Waals surface area contributed by atoms with Crippen LogP contribution < -0.4 is 0 Å². The third-order valence-electron chi connectivity index (χ3n) is 4.34. The fraction of sp³-hybridized carbons (Fsp3) is 0.923. The van der Waals surface area contributed by atoms with Crippen LogP contribution in [0.5, 0.6) is 0 Å². The minimum atomic E-state index is 0.255. The van der Waals surface area contributed by atoms with E-state index in [1.165, 1.54) is 12.8 Å². The number of piperazine rings is 1. The Morgan fingerprint density at radius 1 is 1.41 bits per heavy atom. The molecule has 0 bridgehead atoms. The van der Waals surface area contributed by atoms with Gasteiger partial charge in [-0.3, -0.25) is 9.69 Å². The van der Waals surface area contributed by atoms with Crippen molar-refractivity contribution in [2.24, 2.45) is 5.41 Å². The Morgan fingerprint density at radius 2 is 2.12 bits per heavy atom. The summed E-state index contributed by atoms with van der Waals surface area (Å²) in [7, 11) is 0. The Kier molecular flexibility index (Phi) is 4.03. The molecule has 0 aromatic rings. The molecule has 1 heterocycles. The summed E-state index contributed by atoms with van der Waals surface area (Å²) in [5.41, 5.74) is 0.255. The van der Waals surface area contributed by atoms with Crippen molar-refractivity contribution < 1.29 is 4.79 Å². The summed E-state index contributed by atoms with van der Waals surface area (Å²) < 4.78 is 0. The van der Waals surface area contributed by atoms with Crippen LogP contribution in [0.4, 0.5) is 0 Å². The van der Waals surface area contributed by atoms with Gasteiger partial charge in [-0.2, -0.15) is 12.6 Å². The highest BCUT2D eigenvalue weighted by Gasteiger charge is 2.44. The molecule has 1 aliphatic heterocycles. The maximum Gasteiger partial charge on any atom is 0.223 e. The SMILES string of the molecule is CCN1CCN(C(=O)CC2(CS)CC2)CC1C. The Labute approximate surface area is 110 Å². The molecule has 1 amide bonds. The molecule has 4 heteroatoms. The summed E-state index contributed by atoms with van der Waals surface area (Å²) in [4.78, 5) is 16.7. The van der Waals surface area contributed by atoms with E-state index in [-0.39, 0.29) is 5.41 Å². The van der Waals surface area contributed by atoms with Crippen LogP contribution in [0.1, 0.15) is 33.1 Å². The third kappa shape index (κ3) is 2.97. The molecule has 0 radical (unpaired) electrons. The minimum absolute atomic E-state index is 0.255. The van der Waals surface area contributed by atoms with Crippen LogP contribution in [-0.2, 0) is 4.79 Å². The van der Waals surface area contributed by atoms with Crippen molar-refractivity contribution >= 4 is 18.5 Å². The predicted octanol–water partition coefficient (Wildman–Crippen LogP) is 1.64. The van der Waals surface area contributed by atoms with Crippen LogP contribution in [0.3, 0.4) is 0 Å². The molecule has 1 saturated heterocycles. The number of hydrogen-bond acceptors (Lipinski definition) is 3. The van der Waals surface area contributed by atoms with Gasteiger partial charge in [0.25, 0.3) is 0 Å². The molecule has 0 aromatic carbocycles. The van der Waals surface area contributed by atoms with Gasteiger partial charge in [0.2, 0.25) is 5.91 Å². The van der Waals surface area contributed by atoms with Crippen LogP contribution >= 0.6 is 12.6 Å². The van der Waals surface area contributed by atoms with Crippen molar-refractivity contribution in [1.29, 1.82) is 0 Å². The Bertz CT molecular complexity index is 291. The van der Waals surface area contributed by atoms with Gasteiger partial charge in [0.1, 0.15) is 0 Å². The third-order valence-corrected chi connectivity index (χ3v) is 5.01. The van der Waals surface area contributed by atoms with E-state index in [1.54, 1.807) is 0 Å². The molecule has 2 rings (SSSR count). The van der Waals surface area contributed by atoms with E-state index in [4.69, 9.17) is 0 Å². The first-order chi connectivity index (χ1) is 8.10. The summed E-state index contributed by atoms with van der Waals surface area (Å²) in [6.07, 6.45) is 3.09. The lowest BCUT2D eigenvalue weighted by molar-refractivity contribution is -0.135. The normalized spacial score (nSPS) is 28.2. The number of rotatable bonds is 4. The molecule has 1 unspecified atom stereocenters. The Hall–Kier alpha value is -0.220. The lowest BCUT2D eigenvalue weighted by atomic mass is 10.0. The van der Waals surface area contributed by atoms with E-state index < -0.39 is 0 Å². The van der Waals surface area contributed by atoms with Crippen molar-refractivity contribution in [3.05, 3.63) is 0 Å². The Balaban J connectivity index is 1.85. The smallest absolute Gasteiger partial charge is 0.223 e. The van der Waals surface area contributed by atoms with Gasteiger partial charge in [-0.05, 0) is 37.5 Å².